The molecule has 1 aromatic carbocycles. The molecule has 0 bridgehead atoms. The molecule has 2 amide bonds. The molecule has 5 heteroatoms. The molecule has 1 aliphatic heterocycles. The lowest BCUT2D eigenvalue weighted by Gasteiger charge is -2.41. The lowest BCUT2D eigenvalue weighted by Crippen LogP contribution is -2.48. The Hall–Kier alpha value is -2.30. The molecule has 148 valence electrons. The van der Waals surface area contributed by atoms with Gasteiger partial charge in [0.25, 0.3) is 5.91 Å². The molecular weight excluding hydrogens is 340 g/mol. The number of nitrogens with one attached hydrogen (secondary N) is 1. The number of likely N-dealkylation sites (tertiary alicyclic amines) is 1. The quantitative estimate of drug-likeness (QED) is 0.747. The summed E-state index contributed by atoms with van der Waals surface area (Å²) in [7, 11) is 0. The predicted octanol–water partition coefficient (Wildman–Crippen LogP) is 3.33. The number of nitrogens with zero attached hydrogens (tertiary/aromatic N) is 1. The number of hydrogen-bond donors (Lipinski definition) is 1. The SMILES string of the molecule is C=CC(=O)NCC(C)(C)C1CCN(C(=O)C(C)Oc2ccc(C)cc2)CC1. The monoisotopic (exact) mass is 372 g/mol. The Morgan fingerprint density at radius 3 is 2.44 bits per heavy atom. The maximum absolute atomic E-state index is 12.7. The average Bonchev–Trinajstić information content (AvgIpc) is 2.67. The van der Waals surface area contributed by atoms with Crippen molar-refractivity contribution in [2.45, 2.75) is 46.6 Å². The fourth-order valence-electron chi connectivity index (χ4n) is 3.54. The highest BCUT2D eigenvalue weighted by molar-refractivity contribution is 5.86. The Labute approximate surface area is 162 Å². The first kappa shape index (κ1) is 21.0. The van der Waals surface area contributed by atoms with Gasteiger partial charge < -0.3 is 15.0 Å². The maximum Gasteiger partial charge on any atom is 0.263 e. The van der Waals surface area contributed by atoms with E-state index >= 15 is 0 Å². The molecule has 1 aliphatic rings. The number of ether oxygens (including phenoxy) is 1. The number of aryl methyl sites for hydroxylation is 1. The number of hydrogen-bond acceptors (Lipinski definition) is 3. The third-order valence-corrected chi connectivity index (χ3v) is 5.50. The van der Waals surface area contributed by atoms with E-state index in [-0.39, 0.29) is 17.2 Å². The molecule has 1 saturated heterocycles. The van der Waals surface area contributed by atoms with Crippen LogP contribution >= 0.6 is 0 Å². The van der Waals surface area contributed by atoms with Gasteiger partial charge in [-0.15, -0.1) is 0 Å². The molecule has 2 rings (SSSR count). The summed E-state index contributed by atoms with van der Waals surface area (Å²) in [4.78, 5) is 26.0. The van der Waals surface area contributed by atoms with Gasteiger partial charge in [0, 0.05) is 19.6 Å². The number of benzene rings is 1. The largest absolute Gasteiger partial charge is 0.481 e. The highest BCUT2D eigenvalue weighted by Gasteiger charge is 2.35. The Balaban J connectivity index is 1.84. The van der Waals surface area contributed by atoms with E-state index in [1.165, 1.54) is 6.08 Å². The van der Waals surface area contributed by atoms with Crippen molar-refractivity contribution < 1.29 is 14.3 Å². The molecule has 27 heavy (non-hydrogen) atoms. The van der Waals surface area contributed by atoms with E-state index in [4.69, 9.17) is 4.74 Å². The van der Waals surface area contributed by atoms with Crippen molar-refractivity contribution in [3.05, 3.63) is 42.5 Å². The first-order valence-electron chi connectivity index (χ1n) is 9.65. The molecule has 1 unspecified atom stereocenters. The molecule has 0 radical (unpaired) electrons. The van der Waals surface area contributed by atoms with Crippen LogP contribution in [0.4, 0.5) is 0 Å². The highest BCUT2D eigenvalue weighted by atomic mass is 16.5. The predicted molar refractivity (Wildman–Crippen MR) is 108 cm³/mol. The summed E-state index contributed by atoms with van der Waals surface area (Å²) >= 11 is 0. The summed E-state index contributed by atoms with van der Waals surface area (Å²) in [5.74, 6) is 1.07. The van der Waals surface area contributed by atoms with Crippen LogP contribution in [0.15, 0.2) is 36.9 Å². The van der Waals surface area contributed by atoms with Gasteiger partial charge in [-0.05, 0) is 56.2 Å². The van der Waals surface area contributed by atoms with Gasteiger partial charge in [-0.2, -0.15) is 0 Å². The van der Waals surface area contributed by atoms with E-state index in [2.05, 4.69) is 25.7 Å². The van der Waals surface area contributed by atoms with Crippen molar-refractivity contribution in [3.8, 4) is 5.75 Å². The van der Waals surface area contributed by atoms with E-state index in [1.807, 2.05) is 43.0 Å². The third kappa shape index (κ3) is 5.84. The summed E-state index contributed by atoms with van der Waals surface area (Å²) in [5.41, 5.74) is 1.15. The standard InChI is InChI=1S/C22H32N2O3/c1-6-20(25)23-15-22(4,5)18-11-13-24(14-12-18)21(26)17(3)27-19-9-7-16(2)8-10-19/h6-10,17-18H,1,11-15H2,2-5H3,(H,23,25). The summed E-state index contributed by atoms with van der Waals surface area (Å²) < 4.78 is 5.81. The molecule has 0 aromatic heterocycles. The summed E-state index contributed by atoms with van der Waals surface area (Å²) in [6.45, 7) is 13.7. The van der Waals surface area contributed by atoms with E-state index in [0.29, 0.717) is 12.5 Å². The van der Waals surface area contributed by atoms with Gasteiger partial charge in [-0.25, -0.2) is 0 Å². The van der Waals surface area contributed by atoms with E-state index in [9.17, 15) is 9.59 Å². The molecule has 0 saturated carbocycles. The van der Waals surface area contributed by atoms with Crippen molar-refractivity contribution >= 4 is 11.8 Å². The Morgan fingerprint density at radius 2 is 1.89 bits per heavy atom. The van der Waals surface area contributed by atoms with Crippen LogP contribution in [0, 0.1) is 18.3 Å². The molecule has 1 heterocycles. The summed E-state index contributed by atoms with van der Waals surface area (Å²) in [6.07, 6.45) is 2.66. The van der Waals surface area contributed by atoms with Crippen LogP contribution in [-0.4, -0.2) is 42.5 Å². The van der Waals surface area contributed by atoms with E-state index in [1.54, 1.807) is 0 Å². The topological polar surface area (TPSA) is 58.6 Å². The summed E-state index contributed by atoms with van der Waals surface area (Å²) in [5, 5.41) is 2.90. The lowest BCUT2D eigenvalue weighted by atomic mass is 9.73. The number of rotatable bonds is 7. The molecule has 5 nitrogen and oxygen atoms in total. The fourth-order valence-corrected chi connectivity index (χ4v) is 3.54. The van der Waals surface area contributed by atoms with Gasteiger partial charge in [0.1, 0.15) is 5.75 Å². The zero-order chi connectivity index (χ0) is 20.0. The number of carbonyl (C=O) groups excluding carboxylic acids is 2. The normalized spacial score (nSPS) is 16.5. The van der Waals surface area contributed by atoms with Crippen LogP contribution in [0.1, 0.15) is 39.2 Å². The summed E-state index contributed by atoms with van der Waals surface area (Å²) in [6, 6.07) is 7.74. The molecule has 0 spiro atoms. The van der Waals surface area contributed by atoms with Crippen LogP contribution in [0.5, 0.6) is 5.75 Å². The number of piperidine rings is 1. The number of amides is 2. The molecule has 1 fully saturated rings. The second kappa shape index (κ2) is 9.07. The van der Waals surface area contributed by atoms with Gasteiger partial charge >= 0.3 is 0 Å². The van der Waals surface area contributed by atoms with Crippen LogP contribution in [0.3, 0.4) is 0 Å². The second-order valence-corrected chi connectivity index (χ2v) is 8.08. The van der Waals surface area contributed by atoms with Crippen LogP contribution in [-0.2, 0) is 9.59 Å². The second-order valence-electron chi connectivity index (χ2n) is 8.08. The van der Waals surface area contributed by atoms with Crippen molar-refractivity contribution in [1.29, 1.82) is 0 Å². The van der Waals surface area contributed by atoms with Crippen molar-refractivity contribution in [1.82, 2.24) is 10.2 Å². The van der Waals surface area contributed by atoms with Crippen molar-refractivity contribution in [2.24, 2.45) is 11.3 Å². The van der Waals surface area contributed by atoms with Gasteiger partial charge in [-0.1, -0.05) is 38.1 Å². The minimum atomic E-state index is -0.496. The van der Waals surface area contributed by atoms with Crippen molar-refractivity contribution in [3.63, 3.8) is 0 Å². The van der Waals surface area contributed by atoms with Gasteiger partial charge in [0.15, 0.2) is 6.10 Å². The first-order valence-corrected chi connectivity index (χ1v) is 9.65. The lowest BCUT2D eigenvalue weighted by molar-refractivity contribution is -0.140. The molecule has 0 aliphatic carbocycles. The molecule has 1 N–H and O–H groups in total. The minimum absolute atomic E-state index is 0.0160. The Kier molecular flexibility index (Phi) is 7.05. The Morgan fingerprint density at radius 1 is 1.30 bits per heavy atom. The van der Waals surface area contributed by atoms with Gasteiger partial charge in [-0.3, -0.25) is 9.59 Å². The average molecular weight is 373 g/mol. The smallest absolute Gasteiger partial charge is 0.263 e. The van der Waals surface area contributed by atoms with E-state index in [0.717, 1.165) is 37.2 Å². The molecular formula is C22H32N2O3. The van der Waals surface area contributed by atoms with E-state index < -0.39 is 6.10 Å². The van der Waals surface area contributed by atoms with Crippen LogP contribution < -0.4 is 10.1 Å². The zero-order valence-corrected chi connectivity index (χ0v) is 17.0. The number of carbonyl (C=O) groups is 2. The third-order valence-electron chi connectivity index (χ3n) is 5.50. The Bertz CT molecular complexity index is 659. The zero-order valence-electron chi connectivity index (χ0n) is 17.0. The molecule has 1 aromatic rings. The van der Waals surface area contributed by atoms with Crippen LogP contribution in [0.2, 0.25) is 0 Å². The van der Waals surface area contributed by atoms with Crippen molar-refractivity contribution in [2.75, 3.05) is 19.6 Å². The fraction of sp³-hybridized carbons (Fsp3) is 0.545. The molecule has 1 atom stereocenters. The minimum Gasteiger partial charge on any atom is -0.481 e. The highest BCUT2D eigenvalue weighted by Crippen LogP contribution is 2.34. The van der Waals surface area contributed by atoms with Crippen LogP contribution in [0.25, 0.3) is 0 Å². The first-order chi connectivity index (χ1) is 12.7. The van der Waals surface area contributed by atoms with Gasteiger partial charge in [0.2, 0.25) is 5.91 Å². The van der Waals surface area contributed by atoms with Gasteiger partial charge in [0.05, 0.1) is 0 Å². The maximum atomic E-state index is 12.7.